The minimum absolute atomic E-state index is 0.273. The number of quaternary nitrogens is 1. The fourth-order valence-electron chi connectivity index (χ4n) is 4.51. The molecule has 35 heavy (non-hydrogen) atoms. The molecule has 0 aromatic heterocycles. The minimum Gasteiger partial charge on any atom is -0.632 e. The molecule has 0 aliphatic rings. The van der Waals surface area contributed by atoms with Crippen LogP contribution in [0.3, 0.4) is 0 Å². The summed E-state index contributed by atoms with van der Waals surface area (Å²) in [6.45, 7) is -1.55. The van der Waals surface area contributed by atoms with E-state index in [4.69, 9.17) is 27.9 Å². The predicted octanol–water partition coefficient (Wildman–Crippen LogP) is 4.88. The smallest absolute Gasteiger partial charge is 0.443 e. The van der Waals surface area contributed by atoms with Gasteiger partial charge in [-0.1, -0.05) is 131 Å². The second kappa shape index (κ2) is 12.1. The van der Waals surface area contributed by atoms with E-state index in [1.165, 1.54) is 5.56 Å². The van der Waals surface area contributed by atoms with E-state index in [2.05, 4.69) is 29.5 Å². The lowest BCUT2D eigenvalue weighted by molar-refractivity contribution is -0.555. The molecular weight excluding hydrogens is 476 g/mol. The summed E-state index contributed by atoms with van der Waals surface area (Å²) in [6.07, 6.45) is 1.80. The molecule has 4 rings (SSSR count). The summed E-state index contributed by atoms with van der Waals surface area (Å²) in [5, 5.41) is 3.13. The Morgan fingerprint density at radius 2 is 1.17 bits per heavy atom. The highest BCUT2D eigenvalue weighted by atomic mass is 35.5. The van der Waals surface area contributed by atoms with Gasteiger partial charge in [0.1, 0.15) is 0 Å². The Morgan fingerprint density at radius 1 is 0.686 bits per heavy atom. The van der Waals surface area contributed by atoms with Crippen molar-refractivity contribution in [3.05, 3.63) is 130 Å². The van der Waals surface area contributed by atoms with Gasteiger partial charge < -0.3 is 9.88 Å². The maximum absolute atomic E-state index is 13.3. The number of benzene rings is 4. The number of carbonyl (C=O) groups excluding carboxylic acids is 1. The van der Waals surface area contributed by atoms with Crippen molar-refractivity contribution in [2.24, 2.45) is 0 Å². The number of rotatable bonds is 10. The van der Waals surface area contributed by atoms with Gasteiger partial charge in [0.15, 0.2) is 0 Å². The van der Waals surface area contributed by atoms with Crippen LogP contribution in [-0.4, -0.2) is 12.5 Å². The van der Waals surface area contributed by atoms with Crippen LogP contribution in [-0.2, 0) is 22.4 Å². The fraction of sp³-hybridized carbons (Fsp3) is 0.138. The average molecular weight is 504 g/mol. The van der Waals surface area contributed by atoms with Gasteiger partial charge in [0, 0.05) is 22.0 Å². The average Bonchev–Trinajstić information content (AvgIpc) is 2.89. The Bertz CT molecular complexity index is 1210. The van der Waals surface area contributed by atoms with Gasteiger partial charge >= 0.3 is 6.48 Å². The number of hydrogen-bond donors (Lipinski definition) is 1. The monoisotopic (exact) mass is 503 g/mol. The molecule has 0 aliphatic heterocycles. The van der Waals surface area contributed by atoms with Crippen LogP contribution >= 0.6 is 23.2 Å². The van der Waals surface area contributed by atoms with E-state index in [9.17, 15) is 4.79 Å². The molecule has 4 aromatic rings. The molecule has 3 nitrogen and oxygen atoms in total. The molecular formula is C29H28BCl2NO2. The number of halogens is 2. The van der Waals surface area contributed by atoms with Gasteiger partial charge in [-0.25, -0.2) is 0 Å². The summed E-state index contributed by atoms with van der Waals surface area (Å²) in [4.78, 5) is 13.3. The minimum atomic E-state index is -2.14. The summed E-state index contributed by atoms with van der Waals surface area (Å²) in [6, 6.07) is 35.3. The van der Waals surface area contributed by atoms with E-state index in [1.807, 2.05) is 84.9 Å². The van der Waals surface area contributed by atoms with Crippen molar-refractivity contribution >= 4 is 46.6 Å². The second-order valence-corrected chi connectivity index (χ2v) is 9.46. The Labute approximate surface area is 217 Å². The molecule has 0 unspecified atom stereocenters. The molecule has 0 spiro atoms. The third-order valence-corrected chi connectivity index (χ3v) is 6.96. The van der Waals surface area contributed by atoms with E-state index >= 15 is 0 Å². The molecule has 0 saturated heterocycles. The molecule has 178 valence electrons. The van der Waals surface area contributed by atoms with Crippen molar-refractivity contribution in [2.75, 3.05) is 0 Å². The lowest BCUT2D eigenvalue weighted by atomic mass is 9.41. The van der Waals surface area contributed by atoms with Crippen LogP contribution in [0.25, 0.3) is 0 Å². The molecule has 0 radical (unpaired) electrons. The summed E-state index contributed by atoms with van der Waals surface area (Å²) >= 11 is 13.4. The van der Waals surface area contributed by atoms with Crippen molar-refractivity contribution in [3.8, 4) is 0 Å². The number of nitrogens with two attached hydrogens (primary N) is 1. The van der Waals surface area contributed by atoms with Crippen molar-refractivity contribution in [3.63, 3.8) is 0 Å². The zero-order valence-electron chi connectivity index (χ0n) is 19.4. The summed E-state index contributed by atoms with van der Waals surface area (Å²) < 4.78 is 6.43. The molecule has 0 atom stereocenters. The van der Waals surface area contributed by atoms with Gasteiger partial charge in [-0.05, 0) is 30.5 Å². The number of hydrogen-bond acceptors (Lipinski definition) is 2. The van der Waals surface area contributed by atoms with Crippen LogP contribution in [0, 0.1) is 0 Å². The van der Waals surface area contributed by atoms with Gasteiger partial charge in [-0.3, -0.25) is 4.79 Å². The van der Waals surface area contributed by atoms with E-state index in [0.717, 1.165) is 22.9 Å². The van der Waals surface area contributed by atoms with Crippen molar-refractivity contribution in [1.29, 1.82) is 0 Å². The molecule has 0 bridgehead atoms. The first-order valence-electron chi connectivity index (χ1n) is 11.9. The maximum Gasteiger partial charge on any atom is 0.443 e. The lowest BCUT2D eigenvalue weighted by Crippen LogP contribution is -3.07. The largest absolute Gasteiger partial charge is 0.632 e. The van der Waals surface area contributed by atoms with E-state index < -0.39 is 6.48 Å². The first-order chi connectivity index (χ1) is 17.1. The van der Waals surface area contributed by atoms with Crippen LogP contribution in [0.15, 0.2) is 109 Å². The van der Waals surface area contributed by atoms with Gasteiger partial charge in [-0.15, -0.1) is 0 Å². The van der Waals surface area contributed by atoms with E-state index in [-0.39, 0.29) is 5.97 Å². The van der Waals surface area contributed by atoms with Crippen LogP contribution in [0.5, 0.6) is 0 Å². The van der Waals surface area contributed by atoms with Gasteiger partial charge in [0.25, 0.3) is 5.97 Å². The molecule has 2 N–H and O–H groups in total. The summed E-state index contributed by atoms with van der Waals surface area (Å²) in [5.74, 6) is -0.273. The maximum atomic E-state index is 13.3. The third-order valence-electron chi connectivity index (χ3n) is 6.27. The highest BCUT2D eigenvalue weighted by Gasteiger charge is 2.43. The second-order valence-electron chi connectivity index (χ2n) is 8.65. The molecule has 0 amide bonds. The SMILES string of the molecule is O=C(CCCc1ccccc1)O[B-]([NH2+]Cc1ccccc1)(c1ccccc1Cl)c1ccccc1Cl. The van der Waals surface area contributed by atoms with Gasteiger partial charge in [-0.2, -0.15) is 0 Å². The molecule has 0 aliphatic carbocycles. The van der Waals surface area contributed by atoms with Crippen LogP contribution in [0.1, 0.15) is 24.0 Å². The predicted molar refractivity (Wildman–Crippen MR) is 145 cm³/mol. The van der Waals surface area contributed by atoms with Crippen LogP contribution in [0.2, 0.25) is 10.0 Å². The molecule has 0 fully saturated rings. The Morgan fingerprint density at radius 3 is 1.71 bits per heavy atom. The lowest BCUT2D eigenvalue weighted by Gasteiger charge is -2.39. The first-order valence-corrected chi connectivity index (χ1v) is 12.6. The normalized spacial score (nSPS) is 11.3. The Kier molecular flexibility index (Phi) is 8.65. The van der Waals surface area contributed by atoms with Crippen molar-refractivity contribution in [1.82, 2.24) is 0 Å². The van der Waals surface area contributed by atoms with E-state index in [0.29, 0.717) is 29.4 Å². The van der Waals surface area contributed by atoms with E-state index in [1.54, 1.807) is 0 Å². The quantitative estimate of drug-likeness (QED) is 0.313. The molecule has 0 heterocycles. The molecule has 4 aromatic carbocycles. The topological polar surface area (TPSA) is 42.9 Å². The summed E-state index contributed by atoms with van der Waals surface area (Å²) in [5.41, 5.74) is 3.80. The van der Waals surface area contributed by atoms with Crippen molar-refractivity contribution in [2.45, 2.75) is 25.8 Å². The van der Waals surface area contributed by atoms with Gasteiger partial charge in [0.2, 0.25) is 0 Å². The fourth-order valence-corrected chi connectivity index (χ4v) is 5.10. The zero-order valence-corrected chi connectivity index (χ0v) is 21.0. The van der Waals surface area contributed by atoms with Gasteiger partial charge in [0.05, 0.1) is 6.54 Å². The third kappa shape index (κ3) is 6.34. The Balaban J connectivity index is 1.68. The highest BCUT2D eigenvalue weighted by Crippen LogP contribution is 2.16. The zero-order chi connectivity index (χ0) is 24.5. The van der Waals surface area contributed by atoms with Crippen LogP contribution < -0.4 is 16.2 Å². The number of carbonyl (C=O) groups is 1. The highest BCUT2D eigenvalue weighted by molar-refractivity contribution is 6.94. The van der Waals surface area contributed by atoms with Crippen LogP contribution in [0.4, 0.5) is 0 Å². The van der Waals surface area contributed by atoms with Crippen molar-refractivity contribution < 1.29 is 14.7 Å². The standard InChI is InChI=1S/C29H28BCl2NO2/c31-27-19-9-7-17-25(27)30(26-18-8-10-20-28(26)32,33-22-24-14-5-2-6-15-24)35-29(34)21-11-16-23-12-3-1-4-13-23/h1-10,12-15,17-20H,11,16,21-22,33H2. The Hall–Kier alpha value is -3.05. The first kappa shape index (κ1) is 25.1. The summed E-state index contributed by atoms with van der Waals surface area (Å²) in [7, 11) is 0. The number of aryl methyl sites for hydroxylation is 1. The molecule has 0 saturated carbocycles. The molecule has 6 heteroatoms.